The van der Waals surface area contributed by atoms with Crippen LogP contribution in [0.2, 0.25) is 0 Å². The van der Waals surface area contributed by atoms with Gasteiger partial charge in [0.05, 0.1) is 11.1 Å². The van der Waals surface area contributed by atoms with Gasteiger partial charge in [-0.2, -0.15) is 11.8 Å². The van der Waals surface area contributed by atoms with Gasteiger partial charge in [0.2, 0.25) is 0 Å². The van der Waals surface area contributed by atoms with E-state index in [0.717, 1.165) is 40.6 Å². The average molecular weight is 253 g/mol. The summed E-state index contributed by atoms with van der Waals surface area (Å²) in [6, 6.07) is 2.08. The number of rotatable bonds is 5. The van der Waals surface area contributed by atoms with Crippen molar-refractivity contribution in [3.63, 3.8) is 0 Å². The molecule has 16 heavy (non-hydrogen) atoms. The van der Waals surface area contributed by atoms with Crippen molar-refractivity contribution in [2.75, 3.05) is 18.1 Å². The van der Waals surface area contributed by atoms with E-state index in [9.17, 15) is 0 Å². The average Bonchev–Trinajstić information content (AvgIpc) is 2.74. The Kier molecular flexibility index (Phi) is 4.01. The van der Waals surface area contributed by atoms with Crippen LogP contribution in [0.1, 0.15) is 19.2 Å². The van der Waals surface area contributed by atoms with Crippen LogP contribution < -0.4 is 5.32 Å². The Morgan fingerprint density at radius 2 is 2.31 bits per heavy atom. The third kappa shape index (κ3) is 2.47. The van der Waals surface area contributed by atoms with Gasteiger partial charge >= 0.3 is 0 Å². The second-order valence-electron chi connectivity index (χ2n) is 3.49. The van der Waals surface area contributed by atoms with E-state index >= 15 is 0 Å². The Hall–Kier alpha value is -0.810. The van der Waals surface area contributed by atoms with Crippen LogP contribution in [0.25, 0.3) is 10.2 Å². The molecule has 0 aliphatic carbocycles. The van der Waals surface area contributed by atoms with Crippen molar-refractivity contribution in [1.82, 2.24) is 9.97 Å². The minimum absolute atomic E-state index is 0.870. The van der Waals surface area contributed by atoms with Gasteiger partial charge in [-0.3, -0.25) is 0 Å². The lowest BCUT2D eigenvalue weighted by atomic mass is 10.3. The number of hydrogen-bond acceptors (Lipinski definition) is 5. The van der Waals surface area contributed by atoms with Crippen LogP contribution in [0.4, 0.5) is 5.82 Å². The van der Waals surface area contributed by atoms with Gasteiger partial charge < -0.3 is 5.32 Å². The molecule has 3 nitrogen and oxygen atoms in total. The Balaban J connectivity index is 2.38. The van der Waals surface area contributed by atoms with E-state index in [4.69, 9.17) is 0 Å². The summed E-state index contributed by atoms with van der Waals surface area (Å²) >= 11 is 3.42. The highest BCUT2D eigenvalue weighted by Crippen LogP contribution is 2.25. The van der Waals surface area contributed by atoms with E-state index in [2.05, 4.69) is 39.9 Å². The fourth-order valence-electron chi connectivity index (χ4n) is 1.47. The third-order valence-corrected chi connectivity index (χ3v) is 3.54. The van der Waals surface area contributed by atoms with Crippen molar-refractivity contribution in [3.8, 4) is 0 Å². The van der Waals surface area contributed by atoms with Crippen molar-refractivity contribution in [3.05, 3.63) is 17.3 Å². The Labute approximate surface area is 104 Å². The minimum Gasteiger partial charge on any atom is -0.369 e. The first-order chi connectivity index (χ1) is 7.85. The van der Waals surface area contributed by atoms with Crippen LogP contribution in [0.15, 0.2) is 11.4 Å². The number of nitrogens with zero attached hydrogens (tertiary/aromatic N) is 2. The van der Waals surface area contributed by atoms with Crippen LogP contribution >= 0.6 is 23.1 Å². The molecule has 2 heterocycles. The second-order valence-corrected chi connectivity index (χ2v) is 5.25. The highest BCUT2D eigenvalue weighted by atomic mass is 32.2. The molecule has 0 spiro atoms. The van der Waals surface area contributed by atoms with Gasteiger partial charge in [0.1, 0.15) is 16.5 Å². The van der Waals surface area contributed by atoms with Crippen molar-refractivity contribution in [1.29, 1.82) is 0 Å². The van der Waals surface area contributed by atoms with Crippen LogP contribution in [0.5, 0.6) is 0 Å². The number of aromatic nitrogens is 2. The smallest absolute Gasteiger partial charge is 0.142 e. The lowest BCUT2D eigenvalue weighted by Crippen LogP contribution is -2.04. The maximum atomic E-state index is 4.56. The monoisotopic (exact) mass is 253 g/mol. The van der Waals surface area contributed by atoms with Gasteiger partial charge in [0.15, 0.2) is 0 Å². The molecule has 0 radical (unpaired) electrons. The fraction of sp³-hybridized carbons (Fsp3) is 0.455. The predicted molar refractivity (Wildman–Crippen MR) is 73.4 cm³/mol. The van der Waals surface area contributed by atoms with Crippen molar-refractivity contribution >= 4 is 39.1 Å². The fourth-order valence-corrected chi connectivity index (χ4v) is 2.64. The van der Waals surface area contributed by atoms with E-state index < -0.39 is 0 Å². The van der Waals surface area contributed by atoms with E-state index in [1.54, 1.807) is 23.1 Å². The Morgan fingerprint density at radius 3 is 3.06 bits per heavy atom. The lowest BCUT2D eigenvalue weighted by molar-refractivity contribution is 0.961. The Morgan fingerprint density at radius 1 is 1.44 bits per heavy atom. The molecule has 5 heteroatoms. The molecule has 2 aromatic heterocycles. The molecule has 86 valence electrons. The Bertz CT molecular complexity index is 467. The zero-order chi connectivity index (χ0) is 11.4. The number of hydrogen-bond donors (Lipinski definition) is 1. The molecule has 0 saturated carbocycles. The normalized spacial score (nSPS) is 10.9. The second kappa shape index (κ2) is 5.50. The van der Waals surface area contributed by atoms with Crippen LogP contribution in [-0.2, 0) is 5.75 Å². The maximum absolute atomic E-state index is 4.56. The number of fused-ring (bicyclic) bond motifs is 1. The molecule has 1 N–H and O–H groups in total. The molecule has 0 aromatic carbocycles. The van der Waals surface area contributed by atoms with E-state index in [1.807, 2.05) is 0 Å². The van der Waals surface area contributed by atoms with Crippen LogP contribution in [0, 0.1) is 0 Å². The number of nitrogens with one attached hydrogen (secondary N) is 1. The van der Waals surface area contributed by atoms with Gasteiger partial charge in [-0.05, 0) is 24.1 Å². The van der Waals surface area contributed by atoms with E-state index in [0.29, 0.717) is 0 Å². The highest BCUT2D eigenvalue weighted by molar-refractivity contribution is 7.97. The molecule has 0 atom stereocenters. The van der Waals surface area contributed by atoms with Gasteiger partial charge in [-0.25, -0.2) is 9.97 Å². The summed E-state index contributed by atoms with van der Waals surface area (Å²) in [4.78, 5) is 10.2. The summed E-state index contributed by atoms with van der Waals surface area (Å²) in [5, 5.41) is 6.58. The molecule has 0 aliphatic rings. The number of thiophene rings is 1. The first-order valence-corrected chi connectivity index (χ1v) is 7.59. The first-order valence-electron chi connectivity index (χ1n) is 5.32. The summed E-state index contributed by atoms with van der Waals surface area (Å²) in [6.45, 7) is 3.11. The SMILES string of the molecule is CCCNc1nc(CSC)nc2sccc12. The minimum atomic E-state index is 0.870. The van der Waals surface area contributed by atoms with Gasteiger partial charge in [0, 0.05) is 6.54 Å². The van der Waals surface area contributed by atoms with Crippen molar-refractivity contribution in [2.24, 2.45) is 0 Å². The molecule has 0 saturated heterocycles. The van der Waals surface area contributed by atoms with Crippen molar-refractivity contribution in [2.45, 2.75) is 19.1 Å². The van der Waals surface area contributed by atoms with Gasteiger partial charge in [-0.15, -0.1) is 11.3 Å². The highest BCUT2D eigenvalue weighted by Gasteiger charge is 2.07. The zero-order valence-corrected chi connectivity index (χ0v) is 11.1. The standard InChI is InChI=1S/C11H15N3S2/c1-3-5-12-10-8-4-6-16-11(8)14-9(13-10)7-15-2/h4,6H,3,5,7H2,1-2H3,(H,12,13,14). The lowest BCUT2D eigenvalue weighted by Gasteiger charge is -2.07. The maximum Gasteiger partial charge on any atom is 0.142 e. The topological polar surface area (TPSA) is 37.8 Å². The van der Waals surface area contributed by atoms with Gasteiger partial charge in [0.25, 0.3) is 0 Å². The van der Waals surface area contributed by atoms with E-state index in [-0.39, 0.29) is 0 Å². The van der Waals surface area contributed by atoms with E-state index in [1.165, 1.54) is 0 Å². The molecule has 2 rings (SSSR count). The molecule has 0 aliphatic heterocycles. The third-order valence-electron chi connectivity index (χ3n) is 2.19. The number of thioether (sulfide) groups is 1. The summed E-state index contributed by atoms with van der Waals surface area (Å²) in [5.41, 5.74) is 0. The molecule has 0 fully saturated rings. The molecule has 2 aromatic rings. The summed E-state index contributed by atoms with van der Waals surface area (Å²) in [7, 11) is 0. The quantitative estimate of drug-likeness (QED) is 0.886. The molecule has 0 unspecified atom stereocenters. The van der Waals surface area contributed by atoms with Gasteiger partial charge in [-0.1, -0.05) is 6.92 Å². The first kappa shape index (κ1) is 11.7. The zero-order valence-electron chi connectivity index (χ0n) is 9.49. The summed E-state index contributed by atoms with van der Waals surface area (Å²) in [5.74, 6) is 2.77. The molecule has 0 amide bonds. The van der Waals surface area contributed by atoms with Crippen LogP contribution in [0.3, 0.4) is 0 Å². The van der Waals surface area contributed by atoms with Crippen LogP contribution in [-0.4, -0.2) is 22.8 Å². The largest absolute Gasteiger partial charge is 0.369 e. The summed E-state index contributed by atoms with van der Waals surface area (Å²) in [6.07, 6.45) is 3.18. The van der Waals surface area contributed by atoms with Crippen molar-refractivity contribution < 1.29 is 0 Å². The number of anilines is 1. The predicted octanol–water partition coefficient (Wildman–Crippen LogP) is 3.38. The molecular weight excluding hydrogens is 238 g/mol. The molecular formula is C11H15N3S2. The molecule has 0 bridgehead atoms. The summed E-state index contributed by atoms with van der Waals surface area (Å²) < 4.78 is 0.